The van der Waals surface area contributed by atoms with E-state index in [1.807, 2.05) is 36.4 Å². The van der Waals surface area contributed by atoms with Crippen LogP contribution in [0.5, 0.6) is 0 Å². The Balaban J connectivity index is 0.000000144. The van der Waals surface area contributed by atoms with Gasteiger partial charge in [0.25, 0.3) is 0 Å². The first-order chi connectivity index (χ1) is 29.9. The number of methoxy groups -OCH3 is 2. The van der Waals surface area contributed by atoms with E-state index in [2.05, 4.69) is 40.4 Å². The number of rotatable bonds is 9. The molecule has 6 saturated heterocycles. The number of esters is 2. The molecule has 6 unspecified atom stereocenters. The molecule has 1 amide bonds. The van der Waals surface area contributed by atoms with Gasteiger partial charge in [-0.2, -0.15) is 0 Å². The van der Waals surface area contributed by atoms with Crippen LogP contribution < -0.4 is 31.4 Å². The molecule has 332 valence electrons. The zero-order chi connectivity index (χ0) is 43.5. The molecule has 1 saturated carbocycles. The number of nitrogens with two attached hydrogens (primary N) is 1. The first-order valence-electron chi connectivity index (χ1n) is 22.6. The van der Waals surface area contributed by atoms with Crippen LogP contribution in [0.1, 0.15) is 116 Å². The number of carbonyl (C=O) groups is 3. The monoisotopic (exact) mass is 868 g/mol. The fourth-order valence-corrected chi connectivity index (χ4v) is 11.3. The van der Waals surface area contributed by atoms with Gasteiger partial charge in [0.1, 0.15) is 11.6 Å². The molecule has 7 fully saturated rings. The molecule has 7 aliphatic rings. The van der Waals surface area contributed by atoms with Gasteiger partial charge in [-0.25, -0.2) is 19.6 Å². The lowest BCUT2D eigenvalue weighted by Crippen LogP contribution is -2.52. The lowest BCUT2D eigenvalue weighted by Gasteiger charge is -2.40. The standard InChI is InChI=1S/C24H26ClN3O3.C14H19N3O2.C8H17BN2O/c1-31-22(29)15-2-9-21(26-14-15)28-19-7-8-20(28)13-18(12-19)27-23(30)24(10-11-24)16-3-5-17(25)6-4-16;1-19-14(18)9-2-5-13(16-8-9)17-11-3-4-12(17)7-10(15)6-11;1-9(12)11-8-4-6-2-3-7(5-8)10-6/h2-6,9,14,18-20H,7-8,10-13H2,1H3,(H,27,30);2,5,8,10-12H,3-4,6-7,15H2,1H3;6-8,10-12H,2-5H2,1H3. The summed E-state index contributed by atoms with van der Waals surface area (Å²) in [6, 6.07) is 19.2. The molecule has 16 heteroatoms. The number of benzene rings is 1. The Bertz CT molecular complexity index is 1980. The Morgan fingerprint density at radius 2 is 1.23 bits per heavy atom. The highest BCUT2D eigenvalue weighted by Gasteiger charge is 2.52. The molecular formula is C46H62BClN8O6. The number of aromatic nitrogens is 2. The van der Waals surface area contributed by atoms with Gasteiger partial charge in [-0.1, -0.05) is 23.7 Å². The third kappa shape index (κ3) is 9.92. The summed E-state index contributed by atoms with van der Waals surface area (Å²) < 4.78 is 9.44. The zero-order valence-electron chi connectivity index (χ0n) is 36.2. The molecular weight excluding hydrogens is 807 g/mol. The third-order valence-corrected chi connectivity index (χ3v) is 14.5. The fourth-order valence-electron chi connectivity index (χ4n) is 11.2. The number of amides is 1. The summed E-state index contributed by atoms with van der Waals surface area (Å²) in [5, 5.41) is 20.0. The van der Waals surface area contributed by atoms with Crippen LogP contribution in [0.3, 0.4) is 0 Å². The average molecular weight is 869 g/mol. The van der Waals surface area contributed by atoms with Gasteiger partial charge in [-0.05, 0) is 139 Å². The van der Waals surface area contributed by atoms with Crippen LogP contribution in [0.25, 0.3) is 0 Å². The number of piperidine rings is 3. The number of halogens is 1. The molecule has 2 aromatic heterocycles. The van der Waals surface area contributed by atoms with Crippen LogP contribution in [-0.2, 0) is 19.7 Å². The van der Waals surface area contributed by atoms with Gasteiger partial charge < -0.3 is 45.9 Å². The second kappa shape index (κ2) is 19.2. The summed E-state index contributed by atoms with van der Waals surface area (Å²) in [6.07, 6.45) is 18.5. The predicted molar refractivity (Wildman–Crippen MR) is 240 cm³/mol. The predicted octanol–water partition coefficient (Wildman–Crippen LogP) is 5.17. The van der Waals surface area contributed by atoms with E-state index >= 15 is 0 Å². The van der Waals surface area contributed by atoms with Crippen LogP contribution in [-0.4, -0.2) is 108 Å². The van der Waals surface area contributed by atoms with Crippen molar-refractivity contribution in [2.45, 2.75) is 157 Å². The molecule has 0 spiro atoms. The van der Waals surface area contributed by atoms with E-state index in [9.17, 15) is 14.4 Å². The van der Waals surface area contributed by atoms with Crippen LogP contribution in [0, 0.1) is 0 Å². The Morgan fingerprint density at radius 3 is 1.65 bits per heavy atom. The second-order valence-electron chi connectivity index (χ2n) is 18.5. The van der Waals surface area contributed by atoms with Gasteiger partial charge in [0.05, 0.1) is 30.8 Å². The van der Waals surface area contributed by atoms with Crippen molar-refractivity contribution in [2.75, 3.05) is 24.0 Å². The van der Waals surface area contributed by atoms with Crippen molar-refractivity contribution >= 4 is 48.1 Å². The average Bonchev–Trinajstić information content (AvgIpc) is 3.87. The molecule has 6 atom stereocenters. The fraction of sp³-hybridized carbons (Fsp3) is 0.587. The number of hydrogen-bond acceptors (Lipinski definition) is 13. The van der Waals surface area contributed by atoms with Gasteiger partial charge in [0, 0.05) is 71.8 Å². The quantitative estimate of drug-likeness (QED) is 0.141. The number of ether oxygens (including phenoxy) is 2. The van der Waals surface area contributed by atoms with E-state index in [0.717, 1.165) is 68.6 Å². The van der Waals surface area contributed by atoms with Gasteiger partial charge in [0.2, 0.25) is 5.91 Å². The maximum absolute atomic E-state index is 13.2. The topological polar surface area (TPSA) is 184 Å². The van der Waals surface area contributed by atoms with Crippen molar-refractivity contribution in [3.8, 4) is 0 Å². The highest BCUT2D eigenvalue weighted by atomic mass is 35.5. The molecule has 6 bridgehead atoms. The number of nitrogens with zero attached hydrogens (tertiary/aromatic N) is 4. The molecule has 3 aromatic rings. The second-order valence-corrected chi connectivity index (χ2v) is 18.9. The van der Waals surface area contributed by atoms with Crippen LogP contribution in [0.4, 0.5) is 11.6 Å². The third-order valence-electron chi connectivity index (χ3n) is 14.2. The minimum atomic E-state index is -0.383. The summed E-state index contributed by atoms with van der Waals surface area (Å²) in [6.45, 7) is 1.80. The van der Waals surface area contributed by atoms with Crippen LogP contribution >= 0.6 is 11.6 Å². The summed E-state index contributed by atoms with van der Waals surface area (Å²) in [5.74, 6) is 1.27. The molecule has 10 rings (SSSR count). The molecule has 1 aliphatic carbocycles. The Morgan fingerprint density at radius 1 is 0.742 bits per heavy atom. The van der Waals surface area contributed by atoms with Crippen molar-refractivity contribution < 1.29 is 28.9 Å². The number of fused-ring (bicyclic) bond motifs is 6. The zero-order valence-corrected chi connectivity index (χ0v) is 36.9. The molecule has 62 heavy (non-hydrogen) atoms. The van der Waals surface area contributed by atoms with Gasteiger partial charge in [-0.3, -0.25) is 4.79 Å². The minimum absolute atomic E-state index is 0.147. The molecule has 6 aliphatic heterocycles. The number of anilines is 2. The van der Waals surface area contributed by atoms with Gasteiger partial charge >= 0.3 is 19.0 Å². The number of hydrogen-bond donors (Lipinski definition) is 5. The highest BCUT2D eigenvalue weighted by Crippen LogP contribution is 2.49. The summed E-state index contributed by atoms with van der Waals surface area (Å²) in [4.78, 5) is 49.9. The molecule has 1 aromatic carbocycles. The van der Waals surface area contributed by atoms with Gasteiger partial charge in [0.15, 0.2) is 0 Å². The van der Waals surface area contributed by atoms with Gasteiger partial charge in [-0.15, -0.1) is 0 Å². The van der Waals surface area contributed by atoms with Crippen molar-refractivity contribution in [1.82, 2.24) is 25.8 Å². The number of nitrogens with one attached hydrogen (secondary N) is 3. The maximum atomic E-state index is 13.2. The Hall–Kier alpha value is -4.28. The van der Waals surface area contributed by atoms with Crippen molar-refractivity contribution in [3.63, 3.8) is 0 Å². The summed E-state index contributed by atoms with van der Waals surface area (Å²) in [5.41, 5.74) is 7.70. The molecule has 6 N–H and O–H groups in total. The normalized spacial score (nSPS) is 29.6. The Labute approximate surface area is 370 Å². The maximum Gasteiger partial charge on any atom is 0.373 e. The largest absolute Gasteiger partial charge is 0.465 e. The Kier molecular flexibility index (Phi) is 13.7. The van der Waals surface area contributed by atoms with Crippen LogP contribution in [0.15, 0.2) is 60.9 Å². The van der Waals surface area contributed by atoms with E-state index in [4.69, 9.17) is 27.1 Å². The molecule has 8 heterocycles. The first-order valence-corrected chi connectivity index (χ1v) is 23.0. The number of pyridine rings is 2. The molecule has 14 nitrogen and oxygen atoms in total. The van der Waals surface area contributed by atoms with Crippen molar-refractivity contribution in [3.05, 3.63) is 82.6 Å². The van der Waals surface area contributed by atoms with E-state index in [-0.39, 0.29) is 36.4 Å². The van der Waals surface area contributed by atoms with Crippen molar-refractivity contribution in [2.24, 2.45) is 5.73 Å². The SMILES string of the molecule is CB(O)NC1CC2CCC(C1)N2.COC(=O)c1ccc(N2C3CCC2CC(N)C3)nc1.COC(=O)c1ccc(N2C3CCC2CC(NC(=O)C2(c4ccc(Cl)cc4)CC2)C3)nc1. The van der Waals surface area contributed by atoms with E-state index in [1.165, 1.54) is 52.7 Å². The number of carbonyl (C=O) groups excluding carboxylic acids is 3. The molecule has 0 radical (unpaired) electrons. The summed E-state index contributed by atoms with van der Waals surface area (Å²) >= 11 is 6.02. The smallest absolute Gasteiger partial charge is 0.373 e. The van der Waals surface area contributed by atoms with Crippen LogP contribution in [0.2, 0.25) is 11.8 Å². The lowest BCUT2D eigenvalue weighted by molar-refractivity contribution is -0.124. The van der Waals surface area contributed by atoms with Crippen molar-refractivity contribution in [1.29, 1.82) is 0 Å². The van der Waals surface area contributed by atoms with E-state index < -0.39 is 0 Å². The first kappa shape index (κ1) is 44.3. The highest BCUT2D eigenvalue weighted by molar-refractivity contribution is 6.45. The van der Waals surface area contributed by atoms with E-state index in [1.54, 1.807) is 31.3 Å². The minimum Gasteiger partial charge on any atom is -0.465 e. The lowest BCUT2D eigenvalue weighted by atomic mass is 9.84. The summed E-state index contributed by atoms with van der Waals surface area (Å²) in [7, 11) is 2.39. The van der Waals surface area contributed by atoms with E-state index in [0.29, 0.717) is 64.5 Å².